The average Bonchev–Trinajstić information content (AvgIpc) is 2.98. The second-order valence-corrected chi connectivity index (χ2v) is 7.25. The number of rotatable bonds is 4. The SMILES string of the molecule is CCOC(=O)C1=C(C)OC(N)=C(C#N)[C@@]12C(=O)N(Cc1ccccc1)c1ccccc12. The van der Waals surface area contributed by atoms with Crippen molar-refractivity contribution >= 4 is 17.6 Å². The molecule has 1 amide bonds. The van der Waals surface area contributed by atoms with Crippen LogP contribution in [0.2, 0.25) is 0 Å². The number of para-hydroxylation sites is 1. The van der Waals surface area contributed by atoms with Gasteiger partial charge in [-0.15, -0.1) is 0 Å². The van der Waals surface area contributed by atoms with Crippen LogP contribution in [0.15, 0.2) is 77.4 Å². The minimum atomic E-state index is -1.72. The van der Waals surface area contributed by atoms with Crippen molar-refractivity contribution in [3.63, 3.8) is 0 Å². The molecule has 2 heterocycles. The Bertz CT molecular complexity index is 1180. The maximum Gasteiger partial charge on any atom is 0.339 e. The van der Waals surface area contributed by atoms with Crippen molar-refractivity contribution in [2.24, 2.45) is 5.73 Å². The predicted octanol–water partition coefficient (Wildman–Crippen LogP) is 3.03. The van der Waals surface area contributed by atoms with Crippen LogP contribution >= 0.6 is 0 Å². The second-order valence-electron chi connectivity index (χ2n) is 7.25. The standard InChI is InChI=1S/C24H21N3O4/c1-3-30-22(28)20-15(2)31-21(26)18(13-25)24(20)17-11-7-8-12-19(17)27(23(24)29)14-16-9-5-4-6-10-16/h4-12H,3,14,26H2,1-2H3/t24-/m1/s1. The molecule has 0 fully saturated rings. The van der Waals surface area contributed by atoms with Crippen LogP contribution in [-0.2, 0) is 31.0 Å². The number of carbonyl (C=O) groups is 2. The van der Waals surface area contributed by atoms with Gasteiger partial charge in [0.2, 0.25) is 11.8 Å². The first kappa shape index (κ1) is 20.2. The molecule has 156 valence electrons. The molecule has 31 heavy (non-hydrogen) atoms. The Hall–Kier alpha value is -4.05. The van der Waals surface area contributed by atoms with E-state index >= 15 is 0 Å². The third-order valence-corrected chi connectivity index (χ3v) is 5.55. The minimum absolute atomic E-state index is 0.0203. The lowest BCUT2D eigenvalue weighted by Gasteiger charge is -2.34. The van der Waals surface area contributed by atoms with Crippen LogP contribution in [0.25, 0.3) is 0 Å². The lowest BCUT2D eigenvalue weighted by Crippen LogP contribution is -2.48. The van der Waals surface area contributed by atoms with Gasteiger partial charge in [0.1, 0.15) is 23.0 Å². The molecule has 0 bridgehead atoms. The Morgan fingerprint density at radius 1 is 1.19 bits per heavy atom. The molecule has 0 aromatic heterocycles. The van der Waals surface area contributed by atoms with Crippen molar-refractivity contribution in [1.82, 2.24) is 0 Å². The molecule has 7 heteroatoms. The van der Waals surface area contributed by atoms with Gasteiger partial charge in [-0.1, -0.05) is 48.5 Å². The van der Waals surface area contributed by atoms with Crippen LogP contribution < -0.4 is 10.6 Å². The van der Waals surface area contributed by atoms with E-state index in [1.165, 1.54) is 0 Å². The Morgan fingerprint density at radius 3 is 2.55 bits per heavy atom. The highest BCUT2D eigenvalue weighted by molar-refractivity contribution is 6.18. The van der Waals surface area contributed by atoms with Crippen molar-refractivity contribution in [2.75, 3.05) is 11.5 Å². The van der Waals surface area contributed by atoms with Gasteiger partial charge in [-0.2, -0.15) is 5.26 Å². The Kier molecular flexibility index (Phi) is 4.99. The number of anilines is 1. The summed E-state index contributed by atoms with van der Waals surface area (Å²) < 4.78 is 10.8. The van der Waals surface area contributed by atoms with E-state index in [0.29, 0.717) is 11.3 Å². The van der Waals surface area contributed by atoms with Crippen molar-refractivity contribution in [3.8, 4) is 6.07 Å². The van der Waals surface area contributed by atoms with Gasteiger partial charge in [0.25, 0.3) is 0 Å². The van der Waals surface area contributed by atoms with Crippen LogP contribution in [0.5, 0.6) is 0 Å². The maximum atomic E-state index is 14.1. The average molecular weight is 415 g/mol. The molecule has 0 radical (unpaired) electrons. The lowest BCUT2D eigenvalue weighted by molar-refractivity contribution is -0.141. The van der Waals surface area contributed by atoms with Gasteiger partial charge in [0.15, 0.2) is 5.41 Å². The number of hydrogen-bond acceptors (Lipinski definition) is 6. The molecule has 2 aliphatic heterocycles. The fourth-order valence-electron chi connectivity index (χ4n) is 4.34. The molecule has 2 aromatic carbocycles. The summed E-state index contributed by atoms with van der Waals surface area (Å²) in [5.74, 6) is -1.22. The summed E-state index contributed by atoms with van der Waals surface area (Å²) in [5, 5.41) is 10.0. The van der Waals surface area contributed by atoms with Gasteiger partial charge in [-0.05, 0) is 25.5 Å². The third kappa shape index (κ3) is 2.88. The van der Waals surface area contributed by atoms with Gasteiger partial charge in [0.05, 0.1) is 13.2 Å². The zero-order valence-corrected chi connectivity index (χ0v) is 17.2. The number of ether oxygens (including phenoxy) is 2. The molecule has 0 saturated carbocycles. The molecule has 4 rings (SSSR count). The fraction of sp³-hybridized carbons (Fsp3) is 0.208. The van der Waals surface area contributed by atoms with Crippen LogP contribution in [0.4, 0.5) is 5.69 Å². The molecule has 1 spiro atoms. The van der Waals surface area contributed by atoms with Crippen LogP contribution in [0, 0.1) is 11.3 Å². The summed E-state index contributed by atoms with van der Waals surface area (Å²) in [6.45, 7) is 3.60. The summed E-state index contributed by atoms with van der Waals surface area (Å²) in [7, 11) is 0. The highest BCUT2D eigenvalue weighted by Crippen LogP contribution is 2.54. The largest absolute Gasteiger partial charge is 0.462 e. The summed E-state index contributed by atoms with van der Waals surface area (Å²) >= 11 is 0. The summed E-state index contributed by atoms with van der Waals surface area (Å²) in [6, 6.07) is 18.6. The summed E-state index contributed by atoms with van der Waals surface area (Å²) in [4.78, 5) is 28.7. The van der Waals surface area contributed by atoms with Gasteiger partial charge >= 0.3 is 5.97 Å². The summed E-state index contributed by atoms with van der Waals surface area (Å²) in [5.41, 5.74) is 6.22. The number of hydrogen-bond donors (Lipinski definition) is 1. The van der Waals surface area contributed by atoms with E-state index in [-0.39, 0.29) is 35.9 Å². The quantitative estimate of drug-likeness (QED) is 0.770. The molecule has 1 atom stereocenters. The zero-order valence-electron chi connectivity index (χ0n) is 17.2. The van der Waals surface area contributed by atoms with E-state index in [2.05, 4.69) is 0 Å². The molecule has 0 aliphatic carbocycles. The zero-order chi connectivity index (χ0) is 22.2. The van der Waals surface area contributed by atoms with Crippen LogP contribution in [0.3, 0.4) is 0 Å². The number of fused-ring (bicyclic) bond motifs is 2. The minimum Gasteiger partial charge on any atom is -0.462 e. The first-order valence-electron chi connectivity index (χ1n) is 9.88. The molecule has 7 nitrogen and oxygen atoms in total. The van der Waals surface area contributed by atoms with Crippen molar-refractivity contribution in [1.29, 1.82) is 5.26 Å². The Balaban J connectivity index is 2.00. The molecule has 0 saturated heterocycles. The third-order valence-electron chi connectivity index (χ3n) is 5.55. The maximum absolute atomic E-state index is 14.1. The van der Waals surface area contributed by atoms with Gasteiger partial charge < -0.3 is 20.1 Å². The fourth-order valence-corrected chi connectivity index (χ4v) is 4.34. The van der Waals surface area contributed by atoms with Crippen LogP contribution in [-0.4, -0.2) is 18.5 Å². The highest BCUT2D eigenvalue weighted by Gasteiger charge is 2.62. The molecule has 2 aliphatic rings. The number of benzene rings is 2. The number of nitrogens with zero attached hydrogens (tertiary/aromatic N) is 2. The van der Waals surface area contributed by atoms with E-state index in [1.54, 1.807) is 36.9 Å². The number of nitrogens with two attached hydrogens (primary N) is 1. The number of esters is 1. The van der Waals surface area contributed by atoms with E-state index in [9.17, 15) is 14.9 Å². The van der Waals surface area contributed by atoms with Gasteiger partial charge in [0, 0.05) is 11.3 Å². The van der Waals surface area contributed by atoms with E-state index in [0.717, 1.165) is 5.56 Å². The smallest absolute Gasteiger partial charge is 0.339 e. The number of carbonyl (C=O) groups excluding carboxylic acids is 2. The predicted molar refractivity (Wildman–Crippen MR) is 113 cm³/mol. The number of allylic oxidation sites excluding steroid dienone is 1. The van der Waals surface area contributed by atoms with Crippen molar-refractivity contribution in [2.45, 2.75) is 25.8 Å². The van der Waals surface area contributed by atoms with Gasteiger partial charge in [-0.25, -0.2) is 4.79 Å². The van der Waals surface area contributed by atoms with Crippen molar-refractivity contribution < 1.29 is 19.1 Å². The molecule has 2 N–H and O–H groups in total. The monoisotopic (exact) mass is 415 g/mol. The van der Waals surface area contributed by atoms with Crippen LogP contribution in [0.1, 0.15) is 25.0 Å². The molecular weight excluding hydrogens is 394 g/mol. The lowest BCUT2D eigenvalue weighted by atomic mass is 9.68. The topological polar surface area (TPSA) is 106 Å². The summed E-state index contributed by atoms with van der Waals surface area (Å²) in [6.07, 6.45) is 0. The molecule has 2 aromatic rings. The van der Waals surface area contributed by atoms with E-state index in [4.69, 9.17) is 15.2 Å². The van der Waals surface area contributed by atoms with E-state index < -0.39 is 17.3 Å². The highest BCUT2D eigenvalue weighted by atomic mass is 16.5. The van der Waals surface area contributed by atoms with Gasteiger partial charge in [-0.3, -0.25) is 4.79 Å². The first-order chi connectivity index (χ1) is 15.0. The number of amides is 1. The number of nitriles is 1. The molecular formula is C24H21N3O4. The first-order valence-corrected chi connectivity index (χ1v) is 9.88. The Morgan fingerprint density at radius 2 is 1.87 bits per heavy atom. The Labute approximate surface area is 180 Å². The normalized spacial score (nSPS) is 19.9. The van der Waals surface area contributed by atoms with E-state index in [1.807, 2.05) is 42.5 Å². The molecule has 0 unspecified atom stereocenters. The van der Waals surface area contributed by atoms with Crippen molar-refractivity contribution in [3.05, 3.63) is 88.5 Å². The second kappa shape index (κ2) is 7.65.